The molecule has 1 heterocycles. The Morgan fingerprint density at radius 3 is 2.74 bits per heavy atom. The molecule has 1 unspecified atom stereocenters. The molecule has 0 aromatic rings. The van der Waals surface area contributed by atoms with Gasteiger partial charge < -0.3 is 26.2 Å². The van der Waals surface area contributed by atoms with Crippen molar-refractivity contribution in [3.8, 4) is 0 Å². The Kier molecular flexibility index (Phi) is 6.23. The van der Waals surface area contributed by atoms with E-state index in [9.17, 15) is 14.4 Å². The van der Waals surface area contributed by atoms with E-state index < -0.39 is 17.9 Å². The van der Waals surface area contributed by atoms with Crippen molar-refractivity contribution in [3.05, 3.63) is 0 Å². The minimum atomic E-state index is -1.18. The number of nitrogens with two attached hydrogens (primary N) is 1. The van der Waals surface area contributed by atoms with Gasteiger partial charge in [0.15, 0.2) is 0 Å². The zero-order valence-corrected chi connectivity index (χ0v) is 10.6. The molecule has 1 saturated heterocycles. The second-order valence-corrected chi connectivity index (χ2v) is 4.39. The number of hydrogen-bond acceptors (Lipinski definition) is 5. The van der Waals surface area contributed by atoms with Gasteiger partial charge in [0.1, 0.15) is 6.04 Å². The largest absolute Gasteiger partial charge is 0.480 e. The third-order valence-electron chi connectivity index (χ3n) is 2.74. The number of rotatable bonds is 7. The minimum absolute atomic E-state index is 0.00893. The van der Waals surface area contributed by atoms with Crippen LogP contribution >= 0.6 is 0 Å². The van der Waals surface area contributed by atoms with Crippen molar-refractivity contribution in [1.29, 1.82) is 0 Å². The van der Waals surface area contributed by atoms with Crippen LogP contribution in [0.4, 0.5) is 0 Å². The van der Waals surface area contributed by atoms with Crippen molar-refractivity contribution in [3.63, 3.8) is 0 Å². The SMILES string of the molecule is NC(=O)CC[C@@H](NC(=O)CC1COCCN1)C(=O)O. The lowest BCUT2D eigenvalue weighted by Gasteiger charge is -2.24. The van der Waals surface area contributed by atoms with Gasteiger partial charge >= 0.3 is 5.97 Å². The Balaban J connectivity index is 2.37. The number of aliphatic carboxylic acids is 1. The second kappa shape index (κ2) is 7.70. The van der Waals surface area contributed by atoms with E-state index in [1.165, 1.54) is 0 Å². The van der Waals surface area contributed by atoms with Crippen molar-refractivity contribution in [1.82, 2.24) is 10.6 Å². The van der Waals surface area contributed by atoms with Crippen molar-refractivity contribution in [2.24, 2.45) is 5.73 Å². The summed E-state index contributed by atoms with van der Waals surface area (Å²) >= 11 is 0. The molecule has 8 heteroatoms. The Morgan fingerprint density at radius 2 is 2.21 bits per heavy atom. The van der Waals surface area contributed by atoms with Gasteiger partial charge in [0, 0.05) is 25.4 Å². The Morgan fingerprint density at radius 1 is 1.47 bits per heavy atom. The molecule has 0 radical (unpaired) electrons. The van der Waals surface area contributed by atoms with E-state index in [0.717, 1.165) is 0 Å². The zero-order chi connectivity index (χ0) is 14.3. The molecular weight excluding hydrogens is 254 g/mol. The molecule has 0 aromatic heterocycles. The molecule has 0 aromatic carbocycles. The first-order valence-electron chi connectivity index (χ1n) is 6.10. The van der Waals surface area contributed by atoms with E-state index in [0.29, 0.717) is 19.8 Å². The molecule has 19 heavy (non-hydrogen) atoms. The van der Waals surface area contributed by atoms with Crippen LogP contribution in [0, 0.1) is 0 Å². The summed E-state index contributed by atoms with van der Waals surface area (Å²) in [5.41, 5.74) is 4.95. The summed E-state index contributed by atoms with van der Waals surface area (Å²) in [7, 11) is 0. The van der Waals surface area contributed by atoms with Crippen LogP contribution in [0.25, 0.3) is 0 Å². The fourth-order valence-electron chi connectivity index (χ4n) is 1.77. The molecule has 2 amide bonds. The van der Waals surface area contributed by atoms with Crippen LogP contribution in [0.1, 0.15) is 19.3 Å². The van der Waals surface area contributed by atoms with Crippen LogP contribution in [-0.2, 0) is 19.1 Å². The number of carboxylic acid groups (broad SMARTS) is 1. The number of hydrogen-bond donors (Lipinski definition) is 4. The number of amides is 2. The summed E-state index contributed by atoms with van der Waals surface area (Å²) in [5.74, 6) is -2.16. The van der Waals surface area contributed by atoms with Gasteiger partial charge in [-0.3, -0.25) is 9.59 Å². The Labute approximate surface area is 110 Å². The molecule has 1 aliphatic rings. The number of morpholine rings is 1. The first-order chi connectivity index (χ1) is 8.99. The van der Waals surface area contributed by atoms with E-state index in [1.807, 2.05) is 0 Å². The van der Waals surface area contributed by atoms with Gasteiger partial charge in [0.05, 0.1) is 13.2 Å². The fraction of sp³-hybridized carbons (Fsp3) is 0.727. The maximum absolute atomic E-state index is 11.7. The van der Waals surface area contributed by atoms with E-state index in [2.05, 4.69) is 10.6 Å². The Bertz CT molecular complexity index is 341. The molecule has 108 valence electrons. The van der Waals surface area contributed by atoms with Crippen LogP contribution in [0.2, 0.25) is 0 Å². The molecule has 0 spiro atoms. The number of carbonyl (C=O) groups is 3. The number of carboxylic acids is 1. The molecule has 1 rings (SSSR count). The van der Waals surface area contributed by atoms with E-state index in [4.69, 9.17) is 15.6 Å². The number of carbonyl (C=O) groups excluding carboxylic acids is 2. The Hall–Kier alpha value is -1.67. The average molecular weight is 273 g/mol. The predicted molar refractivity (Wildman–Crippen MR) is 65.2 cm³/mol. The topological polar surface area (TPSA) is 131 Å². The van der Waals surface area contributed by atoms with Gasteiger partial charge in [0.25, 0.3) is 0 Å². The highest BCUT2D eigenvalue weighted by atomic mass is 16.5. The average Bonchev–Trinajstić information content (AvgIpc) is 2.35. The molecule has 1 aliphatic heterocycles. The van der Waals surface area contributed by atoms with Gasteiger partial charge in [-0.15, -0.1) is 0 Å². The zero-order valence-electron chi connectivity index (χ0n) is 10.6. The molecular formula is C11H19N3O5. The summed E-state index contributed by atoms with van der Waals surface area (Å²) < 4.78 is 5.19. The number of primary amides is 1. The second-order valence-electron chi connectivity index (χ2n) is 4.39. The minimum Gasteiger partial charge on any atom is -0.480 e. The van der Waals surface area contributed by atoms with Crippen molar-refractivity contribution < 1.29 is 24.2 Å². The van der Waals surface area contributed by atoms with Crippen molar-refractivity contribution in [2.75, 3.05) is 19.8 Å². The first kappa shape index (κ1) is 15.4. The quantitative estimate of drug-likeness (QED) is 0.433. The van der Waals surface area contributed by atoms with Gasteiger partial charge in [-0.2, -0.15) is 0 Å². The first-order valence-corrected chi connectivity index (χ1v) is 6.10. The molecule has 1 fully saturated rings. The molecule has 5 N–H and O–H groups in total. The lowest BCUT2D eigenvalue weighted by atomic mass is 10.1. The molecule has 0 saturated carbocycles. The highest BCUT2D eigenvalue weighted by Crippen LogP contribution is 2.02. The molecule has 0 aliphatic carbocycles. The molecule has 8 nitrogen and oxygen atoms in total. The molecule has 2 atom stereocenters. The predicted octanol–water partition coefficient (Wildman–Crippen LogP) is -1.80. The lowest BCUT2D eigenvalue weighted by Crippen LogP contribution is -2.47. The highest BCUT2D eigenvalue weighted by molar-refractivity contribution is 5.84. The van der Waals surface area contributed by atoms with Gasteiger partial charge in [-0.05, 0) is 6.42 Å². The highest BCUT2D eigenvalue weighted by Gasteiger charge is 2.23. The van der Waals surface area contributed by atoms with Crippen LogP contribution in [-0.4, -0.2) is 54.7 Å². The number of nitrogens with one attached hydrogen (secondary N) is 2. The van der Waals surface area contributed by atoms with Crippen LogP contribution in [0.15, 0.2) is 0 Å². The lowest BCUT2D eigenvalue weighted by molar-refractivity contribution is -0.142. The van der Waals surface area contributed by atoms with Crippen molar-refractivity contribution in [2.45, 2.75) is 31.3 Å². The number of ether oxygens (including phenoxy) is 1. The van der Waals surface area contributed by atoms with Gasteiger partial charge in [-0.1, -0.05) is 0 Å². The maximum atomic E-state index is 11.7. The third kappa shape index (κ3) is 6.16. The normalized spacial score (nSPS) is 20.5. The van der Waals surface area contributed by atoms with E-state index in [1.54, 1.807) is 0 Å². The van der Waals surface area contributed by atoms with Gasteiger partial charge in [-0.25, -0.2) is 4.79 Å². The maximum Gasteiger partial charge on any atom is 0.326 e. The standard InChI is InChI=1S/C11H19N3O5/c12-9(15)2-1-8(11(17)18)14-10(16)5-7-6-19-4-3-13-7/h7-8,13H,1-6H2,(H2,12,15)(H,14,16)(H,17,18)/t7?,8-/m1/s1. The van der Waals surface area contributed by atoms with Crippen molar-refractivity contribution >= 4 is 17.8 Å². The summed E-state index contributed by atoms with van der Waals surface area (Å²) in [6.07, 6.45) is 0.0490. The van der Waals surface area contributed by atoms with Crippen LogP contribution in [0.5, 0.6) is 0 Å². The monoisotopic (exact) mass is 273 g/mol. The van der Waals surface area contributed by atoms with Crippen LogP contribution in [0.3, 0.4) is 0 Å². The summed E-state index contributed by atoms with van der Waals surface area (Å²) in [5, 5.41) is 14.4. The smallest absolute Gasteiger partial charge is 0.326 e. The van der Waals surface area contributed by atoms with E-state index in [-0.39, 0.29) is 31.2 Å². The molecule has 0 bridgehead atoms. The summed E-state index contributed by atoms with van der Waals surface area (Å²) in [6, 6.07) is -1.20. The van der Waals surface area contributed by atoms with Crippen LogP contribution < -0.4 is 16.4 Å². The van der Waals surface area contributed by atoms with Gasteiger partial charge in [0.2, 0.25) is 11.8 Å². The third-order valence-corrected chi connectivity index (χ3v) is 2.74. The summed E-state index contributed by atoms with van der Waals surface area (Å²) in [4.78, 5) is 33.2. The summed E-state index contributed by atoms with van der Waals surface area (Å²) in [6.45, 7) is 1.70. The van der Waals surface area contributed by atoms with E-state index >= 15 is 0 Å². The fourth-order valence-corrected chi connectivity index (χ4v) is 1.77.